The van der Waals surface area contributed by atoms with Gasteiger partial charge in [-0.3, -0.25) is 4.79 Å². The molecule has 1 aliphatic heterocycles. The minimum absolute atomic E-state index is 0.188. The summed E-state index contributed by atoms with van der Waals surface area (Å²) < 4.78 is 5.17. The average molecular weight is 249 g/mol. The Bertz CT molecular complexity index is 459. The molecule has 0 aliphatic carbocycles. The molecule has 0 aromatic heterocycles. The summed E-state index contributed by atoms with van der Waals surface area (Å²) in [5.74, 6) is -0.413. The molecule has 1 aromatic carbocycles. The molecule has 1 saturated heterocycles. The van der Waals surface area contributed by atoms with Gasteiger partial charge in [0.05, 0.1) is 5.41 Å². The van der Waals surface area contributed by atoms with Gasteiger partial charge in [-0.15, -0.1) is 0 Å². The number of para-hydroxylation sites is 1. The van der Waals surface area contributed by atoms with Crippen LogP contribution in [0.3, 0.4) is 0 Å². The maximum Gasteiger partial charge on any atom is 0.415 e. The monoisotopic (exact) mass is 249 g/mol. The van der Waals surface area contributed by atoms with Gasteiger partial charge < -0.3 is 14.7 Å². The lowest BCUT2D eigenvalue weighted by Gasteiger charge is -2.19. The van der Waals surface area contributed by atoms with Crippen molar-refractivity contribution in [1.29, 1.82) is 0 Å². The highest BCUT2D eigenvalue weighted by Gasteiger charge is 2.42. The first-order chi connectivity index (χ1) is 8.51. The minimum Gasteiger partial charge on any atom is -0.481 e. The molecule has 1 N–H and O–H groups in total. The highest BCUT2D eigenvalue weighted by atomic mass is 16.6. The van der Waals surface area contributed by atoms with Crippen molar-refractivity contribution < 1.29 is 19.4 Å². The van der Waals surface area contributed by atoms with Gasteiger partial charge in [-0.05, 0) is 25.5 Å². The molecule has 0 saturated carbocycles. The van der Waals surface area contributed by atoms with Gasteiger partial charge in [-0.1, -0.05) is 18.2 Å². The van der Waals surface area contributed by atoms with E-state index in [0.717, 1.165) is 0 Å². The van der Waals surface area contributed by atoms with Crippen LogP contribution in [0.2, 0.25) is 0 Å². The molecule has 0 bridgehead atoms. The number of rotatable bonds is 2. The third-order valence-corrected chi connectivity index (χ3v) is 3.20. The SMILES string of the molecule is CC1(C(=O)O)CCN(C(=O)Oc2ccccc2)C1. The Hall–Kier alpha value is -2.04. The number of ether oxygens (including phenoxy) is 1. The highest BCUT2D eigenvalue weighted by Crippen LogP contribution is 2.30. The Balaban J connectivity index is 1.98. The van der Waals surface area contributed by atoms with Crippen molar-refractivity contribution >= 4 is 12.1 Å². The van der Waals surface area contributed by atoms with Gasteiger partial charge in [0.2, 0.25) is 0 Å². The smallest absolute Gasteiger partial charge is 0.415 e. The number of aliphatic carboxylic acids is 1. The summed E-state index contributed by atoms with van der Waals surface area (Å²) in [6.45, 7) is 2.24. The van der Waals surface area contributed by atoms with E-state index in [1.165, 1.54) is 4.90 Å². The first-order valence-corrected chi connectivity index (χ1v) is 5.76. The highest BCUT2D eigenvalue weighted by molar-refractivity contribution is 5.78. The summed E-state index contributed by atoms with van der Waals surface area (Å²) in [4.78, 5) is 24.3. The number of carbonyl (C=O) groups excluding carboxylic acids is 1. The maximum atomic E-state index is 11.8. The molecule has 1 aliphatic rings. The summed E-state index contributed by atoms with van der Waals surface area (Å²) in [6.07, 6.45) is -0.0437. The van der Waals surface area contributed by atoms with Crippen LogP contribution in [0.5, 0.6) is 5.75 Å². The first kappa shape index (κ1) is 12.4. The van der Waals surface area contributed by atoms with Crippen LogP contribution >= 0.6 is 0 Å². The van der Waals surface area contributed by atoms with Crippen LogP contribution in [0.1, 0.15) is 13.3 Å². The van der Waals surface area contributed by atoms with Crippen molar-refractivity contribution in [2.75, 3.05) is 13.1 Å². The second-order valence-corrected chi connectivity index (χ2v) is 4.72. The number of carboxylic acid groups (broad SMARTS) is 1. The Morgan fingerprint density at radius 1 is 1.33 bits per heavy atom. The standard InChI is InChI=1S/C13H15NO4/c1-13(11(15)16)7-8-14(9-13)12(17)18-10-5-3-2-4-6-10/h2-6H,7-9H2,1H3,(H,15,16). The number of hydrogen-bond donors (Lipinski definition) is 1. The van der Waals surface area contributed by atoms with E-state index >= 15 is 0 Å². The van der Waals surface area contributed by atoms with E-state index in [-0.39, 0.29) is 6.54 Å². The predicted molar refractivity (Wildman–Crippen MR) is 64.4 cm³/mol. The second-order valence-electron chi connectivity index (χ2n) is 4.72. The molecule has 0 spiro atoms. The molecular weight excluding hydrogens is 234 g/mol. The second kappa shape index (κ2) is 4.68. The van der Waals surface area contributed by atoms with Crippen molar-refractivity contribution in [3.05, 3.63) is 30.3 Å². The number of amides is 1. The fraction of sp³-hybridized carbons (Fsp3) is 0.385. The Morgan fingerprint density at radius 2 is 2.00 bits per heavy atom. The normalized spacial score (nSPS) is 22.8. The van der Waals surface area contributed by atoms with E-state index in [1.807, 2.05) is 6.07 Å². The van der Waals surface area contributed by atoms with Crippen LogP contribution in [-0.4, -0.2) is 35.2 Å². The fourth-order valence-electron chi connectivity index (χ4n) is 1.95. The Kier molecular flexibility index (Phi) is 3.23. The third-order valence-electron chi connectivity index (χ3n) is 3.20. The number of benzene rings is 1. The molecule has 18 heavy (non-hydrogen) atoms. The summed E-state index contributed by atoms with van der Waals surface area (Å²) >= 11 is 0. The van der Waals surface area contributed by atoms with Crippen LogP contribution in [0.15, 0.2) is 30.3 Å². The largest absolute Gasteiger partial charge is 0.481 e. The summed E-state index contributed by atoms with van der Waals surface area (Å²) in [6, 6.07) is 8.74. The van der Waals surface area contributed by atoms with E-state index < -0.39 is 17.5 Å². The van der Waals surface area contributed by atoms with Crippen molar-refractivity contribution in [3.8, 4) is 5.75 Å². The molecule has 1 unspecified atom stereocenters. The van der Waals surface area contributed by atoms with Gasteiger partial charge >= 0.3 is 12.1 Å². The van der Waals surface area contributed by atoms with Gasteiger partial charge in [0, 0.05) is 13.1 Å². The predicted octanol–water partition coefficient (Wildman–Crippen LogP) is 1.98. The van der Waals surface area contributed by atoms with Gasteiger partial charge in [-0.25, -0.2) is 4.79 Å². The molecule has 1 aromatic rings. The van der Waals surface area contributed by atoms with Crippen LogP contribution in [-0.2, 0) is 4.79 Å². The van der Waals surface area contributed by atoms with Crippen LogP contribution < -0.4 is 4.74 Å². The van der Waals surface area contributed by atoms with E-state index in [0.29, 0.717) is 18.7 Å². The molecule has 1 amide bonds. The molecule has 96 valence electrons. The first-order valence-electron chi connectivity index (χ1n) is 5.76. The number of likely N-dealkylation sites (tertiary alicyclic amines) is 1. The Labute approximate surface area is 105 Å². The average Bonchev–Trinajstić information content (AvgIpc) is 2.75. The molecule has 1 heterocycles. The van der Waals surface area contributed by atoms with Gasteiger partial charge in [0.1, 0.15) is 5.75 Å². The fourth-order valence-corrected chi connectivity index (χ4v) is 1.95. The number of nitrogens with zero attached hydrogens (tertiary/aromatic N) is 1. The zero-order chi connectivity index (χ0) is 13.2. The topological polar surface area (TPSA) is 66.8 Å². The van der Waals surface area contributed by atoms with Crippen molar-refractivity contribution in [3.63, 3.8) is 0 Å². The number of carboxylic acids is 1. The zero-order valence-electron chi connectivity index (χ0n) is 10.1. The van der Waals surface area contributed by atoms with Crippen LogP contribution in [0.25, 0.3) is 0 Å². The molecule has 5 heteroatoms. The lowest BCUT2D eigenvalue weighted by atomic mass is 9.90. The zero-order valence-corrected chi connectivity index (χ0v) is 10.1. The Morgan fingerprint density at radius 3 is 2.56 bits per heavy atom. The van der Waals surface area contributed by atoms with Gasteiger partial charge in [0.15, 0.2) is 0 Å². The molecule has 5 nitrogen and oxygen atoms in total. The molecular formula is C13H15NO4. The summed E-state index contributed by atoms with van der Waals surface area (Å²) in [7, 11) is 0. The summed E-state index contributed by atoms with van der Waals surface area (Å²) in [5, 5.41) is 9.08. The third kappa shape index (κ3) is 2.45. The summed E-state index contributed by atoms with van der Waals surface area (Å²) in [5.41, 5.74) is -0.865. The van der Waals surface area contributed by atoms with E-state index in [4.69, 9.17) is 9.84 Å². The van der Waals surface area contributed by atoms with Crippen molar-refractivity contribution in [1.82, 2.24) is 4.90 Å². The molecule has 0 radical (unpaired) electrons. The lowest BCUT2D eigenvalue weighted by Crippen LogP contribution is -2.36. The molecule has 1 fully saturated rings. The number of hydrogen-bond acceptors (Lipinski definition) is 3. The van der Waals surface area contributed by atoms with E-state index in [2.05, 4.69) is 0 Å². The lowest BCUT2D eigenvalue weighted by molar-refractivity contribution is -0.147. The quantitative estimate of drug-likeness (QED) is 0.870. The van der Waals surface area contributed by atoms with E-state index in [9.17, 15) is 9.59 Å². The maximum absolute atomic E-state index is 11.8. The number of carbonyl (C=O) groups is 2. The molecule has 2 rings (SSSR count). The van der Waals surface area contributed by atoms with Gasteiger partial charge in [0.25, 0.3) is 0 Å². The van der Waals surface area contributed by atoms with Gasteiger partial charge in [-0.2, -0.15) is 0 Å². The minimum atomic E-state index is -0.877. The van der Waals surface area contributed by atoms with Crippen LogP contribution in [0, 0.1) is 5.41 Å². The van der Waals surface area contributed by atoms with Crippen molar-refractivity contribution in [2.24, 2.45) is 5.41 Å². The van der Waals surface area contributed by atoms with Crippen molar-refractivity contribution in [2.45, 2.75) is 13.3 Å². The molecule has 1 atom stereocenters. The van der Waals surface area contributed by atoms with Crippen LogP contribution in [0.4, 0.5) is 4.79 Å². The van der Waals surface area contributed by atoms with E-state index in [1.54, 1.807) is 31.2 Å².